The van der Waals surface area contributed by atoms with Gasteiger partial charge in [-0.1, -0.05) is 222 Å². The normalized spacial score (nSPS) is 14.3. The van der Waals surface area contributed by atoms with E-state index in [4.69, 9.17) is 35.7 Å². The number of ketones is 2. The summed E-state index contributed by atoms with van der Waals surface area (Å²) in [4.78, 5) is 97.9. The Hall–Kier alpha value is -7.39. The number of esters is 2. The largest absolute Gasteiger partial charge is 0.481 e. The fraction of sp³-hybridized carbons (Fsp3) is 0.600. The second kappa shape index (κ2) is 42.4. The van der Waals surface area contributed by atoms with Crippen LogP contribution in [0, 0.1) is 69.0 Å². The lowest BCUT2D eigenvalue weighted by Gasteiger charge is -2.30. The molecular weight excluding hydrogens is 1350 g/mol. The zero-order valence-electron chi connectivity index (χ0n) is 69.1. The van der Waals surface area contributed by atoms with Gasteiger partial charge < -0.3 is 24.1 Å². The molecule has 106 heavy (non-hydrogen) atoms. The lowest BCUT2D eigenvalue weighted by Crippen LogP contribution is -2.27. The van der Waals surface area contributed by atoms with Gasteiger partial charge in [-0.15, -0.1) is 0 Å². The number of carbonyl (C=O) groups excluding carboxylic acids is 7. The van der Waals surface area contributed by atoms with Crippen molar-refractivity contribution in [2.75, 3.05) is 0 Å². The molecule has 2 aromatic heterocycles. The van der Waals surface area contributed by atoms with Crippen molar-refractivity contribution in [3.63, 3.8) is 0 Å². The predicted octanol–water partition coefficient (Wildman–Crippen LogP) is 23.3. The maximum atomic E-state index is 13.1. The molecule has 16 heteroatoms. The number of nitrogens with zero attached hydrogens (tertiary/aromatic N) is 2. The van der Waals surface area contributed by atoms with Gasteiger partial charge in [-0.05, 0) is 197 Å². The topological polar surface area (TPSA) is 204 Å². The number of carboxylic acid groups (broad SMARTS) is 1. The fourth-order valence-electron chi connectivity index (χ4n) is 13.9. The number of para-hydroxylation sites is 2. The van der Waals surface area contributed by atoms with Crippen LogP contribution in [0.5, 0.6) is 0 Å². The van der Waals surface area contributed by atoms with E-state index in [0.29, 0.717) is 47.3 Å². The van der Waals surface area contributed by atoms with E-state index >= 15 is 0 Å². The van der Waals surface area contributed by atoms with Crippen molar-refractivity contribution >= 4 is 80.3 Å². The zero-order valence-corrected chi connectivity index (χ0v) is 69.9. The molecule has 0 aliphatic rings. The summed E-state index contributed by atoms with van der Waals surface area (Å²) in [6.45, 7) is 50.8. The summed E-state index contributed by atoms with van der Waals surface area (Å²) in [5, 5.41) is 10.7. The molecule has 1 N–H and O–H groups in total. The maximum absolute atomic E-state index is 13.1. The highest BCUT2D eigenvalue weighted by atomic mass is 35.5. The van der Waals surface area contributed by atoms with E-state index in [1.165, 1.54) is 15.6 Å². The number of hydrogen-bond donors (Lipinski definition) is 1. The number of fused-ring (bicyclic) bond motifs is 2. The van der Waals surface area contributed by atoms with E-state index in [9.17, 15) is 38.4 Å². The molecule has 15 nitrogen and oxygen atoms in total. The molecule has 0 radical (unpaired) electrons. The molecule has 6 aromatic rings. The molecule has 0 amide bonds. The van der Waals surface area contributed by atoms with E-state index in [1.54, 1.807) is 19.3 Å². The van der Waals surface area contributed by atoms with Crippen LogP contribution in [0.15, 0.2) is 122 Å². The first-order valence-electron chi connectivity index (χ1n) is 38.4. The number of carbonyl (C=O) groups is 8. The van der Waals surface area contributed by atoms with Gasteiger partial charge in [-0.2, -0.15) is 0 Å². The Morgan fingerprint density at radius 1 is 0.406 bits per heavy atom. The van der Waals surface area contributed by atoms with Crippen LogP contribution in [0.3, 0.4) is 0 Å². The van der Waals surface area contributed by atoms with Crippen LogP contribution in [-0.4, -0.2) is 72.3 Å². The summed E-state index contributed by atoms with van der Waals surface area (Å²) in [6.07, 6.45) is 12.4. The fourth-order valence-corrected chi connectivity index (χ4v) is 14.3. The van der Waals surface area contributed by atoms with E-state index < -0.39 is 35.3 Å². The molecule has 0 aliphatic heterocycles. The molecule has 6 unspecified atom stereocenters. The molecule has 0 saturated carbocycles. The number of benzene rings is 4. The minimum Gasteiger partial charge on any atom is -0.481 e. The molecule has 8 atom stereocenters. The van der Waals surface area contributed by atoms with Crippen LogP contribution in [-0.2, 0) is 73.8 Å². The Morgan fingerprint density at radius 2 is 0.736 bits per heavy atom. The zero-order chi connectivity index (χ0) is 80.3. The van der Waals surface area contributed by atoms with Gasteiger partial charge in [0, 0.05) is 53.8 Å². The Morgan fingerprint density at radius 3 is 1.08 bits per heavy atom. The standard InChI is InChI=1S/C28H46O3.C27H31NO5.C18H35ClO.C17H21NO4/c1-21(18-27(3,4)5)14-15-24(22(2)19-28(6,7)8)25(29)16-17-26(30)31-20-23-12-10-9-11-13-23;1-19(24(29)14-15-25(30)32-18-20-10-6-5-7-11-20)16-21-17-28(26(31)33-27(2,3)4)23-13-9-8-12-22(21)23;1-13(11-17(3,4)5)9-10-15(16(19)20)14(2)12-18(6,7)8;1-11(15(19)20)9-12-10-18(16(21)22-17(2,3)4)14-8-6-5-7-13(12)14/h9-13,21-22,24H,14-20H2,1-8H3;5-13,17,19H,14-16,18H2,1-4H3;13-15H,9-12H2,1-8H3;5-8,10-11H,9H2,1-4H3,(H,19,20)/t;19-;;11-/m.0.0/s1. The Bertz CT molecular complexity index is 3730. The van der Waals surface area contributed by atoms with E-state index in [2.05, 4.69) is 111 Å². The van der Waals surface area contributed by atoms with Gasteiger partial charge in [0.05, 0.1) is 29.8 Å². The molecule has 6 rings (SSSR count). The summed E-state index contributed by atoms with van der Waals surface area (Å²) in [5.74, 6) is -0.197. The summed E-state index contributed by atoms with van der Waals surface area (Å²) in [6, 6.07) is 34.1. The first-order chi connectivity index (χ1) is 48.9. The van der Waals surface area contributed by atoms with Crippen molar-refractivity contribution in [1.29, 1.82) is 0 Å². The number of hydrogen-bond acceptors (Lipinski definition) is 12. The highest BCUT2D eigenvalue weighted by Crippen LogP contribution is 2.37. The second-order valence-electron chi connectivity index (χ2n) is 36.7. The molecule has 2 heterocycles. The van der Waals surface area contributed by atoms with E-state index in [0.717, 1.165) is 89.0 Å². The van der Waals surface area contributed by atoms with Crippen molar-refractivity contribution in [2.45, 2.75) is 280 Å². The number of ether oxygens (including phenoxy) is 4. The van der Waals surface area contributed by atoms with Crippen molar-refractivity contribution in [3.8, 4) is 0 Å². The van der Waals surface area contributed by atoms with Crippen molar-refractivity contribution < 1.29 is 62.4 Å². The van der Waals surface area contributed by atoms with Gasteiger partial charge in [0.25, 0.3) is 0 Å². The third-order valence-corrected chi connectivity index (χ3v) is 18.5. The van der Waals surface area contributed by atoms with Crippen LogP contribution in [0.4, 0.5) is 9.59 Å². The number of aliphatic carboxylic acids is 1. The van der Waals surface area contributed by atoms with Crippen molar-refractivity contribution in [3.05, 3.63) is 144 Å². The van der Waals surface area contributed by atoms with Crippen LogP contribution < -0.4 is 0 Å². The number of rotatable bonds is 30. The monoisotopic (exact) mass is 1480 g/mol. The summed E-state index contributed by atoms with van der Waals surface area (Å²) >= 11 is 5.85. The van der Waals surface area contributed by atoms with Gasteiger partial charge in [0.15, 0.2) is 0 Å². The number of Topliss-reactive ketones (excluding diaryl/α,β-unsaturated/α-hetero) is 2. The van der Waals surface area contributed by atoms with Crippen LogP contribution in [0.2, 0.25) is 0 Å². The average molecular weight is 1490 g/mol. The smallest absolute Gasteiger partial charge is 0.419 e. The van der Waals surface area contributed by atoms with Gasteiger partial charge >= 0.3 is 30.1 Å². The highest BCUT2D eigenvalue weighted by molar-refractivity contribution is 6.64. The number of halogens is 1. The molecule has 0 spiro atoms. The Kier molecular flexibility index (Phi) is 37.1. The first-order valence-corrected chi connectivity index (χ1v) is 38.8. The summed E-state index contributed by atoms with van der Waals surface area (Å²) in [5.41, 5.74) is 4.96. The molecule has 0 aliphatic carbocycles. The number of aromatic nitrogens is 2. The molecule has 4 aromatic carbocycles. The third-order valence-electron chi connectivity index (χ3n) is 18.2. The Labute approximate surface area is 641 Å². The lowest BCUT2D eigenvalue weighted by molar-refractivity contribution is -0.146. The second-order valence-corrected chi connectivity index (χ2v) is 37.1. The third kappa shape index (κ3) is 36.9. The molecule has 0 saturated heterocycles. The maximum Gasteiger partial charge on any atom is 0.419 e. The van der Waals surface area contributed by atoms with Gasteiger partial charge in [0.1, 0.15) is 36.0 Å². The van der Waals surface area contributed by atoms with Gasteiger partial charge in [0.2, 0.25) is 5.24 Å². The van der Waals surface area contributed by atoms with Crippen LogP contribution >= 0.6 is 11.6 Å². The quantitative estimate of drug-likeness (QED) is 0.0254. The van der Waals surface area contributed by atoms with Gasteiger partial charge in [-0.25, -0.2) is 9.59 Å². The molecule has 0 fully saturated rings. The average Bonchev–Trinajstić information content (AvgIpc) is 1.65. The lowest BCUT2D eigenvalue weighted by atomic mass is 9.74. The molecule has 0 bridgehead atoms. The summed E-state index contributed by atoms with van der Waals surface area (Å²) < 4.78 is 24.5. The Balaban J connectivity index is 0.000000375. The minimum absolute atomic E-state index is 0.0123. The first kappa shape index (κ1) is 92.8. The van der Waals surface area contributed by atoms with Crippen LogP contribution in [0.1, 0.15) is 265 Å². The SMILES string of the molecule is CC(CCC(C(=O)CCC(=O)OCc1ccccc1)C(C)CC(C)(C)C)CC(C)(C)C.CC(CCC(C(=O)Cl)C(C)CC(C)(C)C)CC(C)(C)C.C[C@@H](Cc1cn(C(=O)OC(C)(C)C)c2ccccc12)C(=O)CCC(=O)OCc1ccccc1.C[C@@H](Cc1cn(C(=O)OC(C)(C)C)c2ccccc12)C(=O)O. The van der Waals surface area contributed by atoms with Gasteiger partial charge in [-0.3, -0.25) is 37.9 Å². The summed E-state index contributed by atoms with van der Waals surface area (Å²) in [7, 11) is 0. The predicted molar refractivity (Wildman–Crippen MR) is 431 cm³/mol. The molecular formula is C90H133ClN2O13. The highest BCUT2D eigenvalue weighted by Gasteiger charge is 2.32. The molecule has 588 valence electrons. The van der Waals surface area contributed by atoms with E-state index in [1.807, 2.05) is 158 Å². The van der Waals surface area contributed by atoms with E-state index in [-0.39, 0.29) is 96.2 Å². The van der Waals surface area contributed by atoms with Crippen molar-refractivity contribution in [2.24, 2.45) is 69.0 Å². The number of carboxylic acids is 1. The van der Waals surface area contributed by atoms with Crippen LogP contribution in [0.25, 0.3) is 21.8 Å². The van der Waals surface area contributed by atoms with Crippen molar-refractivity contribution in [1.82, 2.24) is 9.13 Å². The minimum atomic E-state index is -0.853.